The zero-order chi connectivity index (χ0) is 15.3. The van der Waals surface area contributed by atoms with Crippen molar-refractivity contribution in [2.24, 2.45) is 0 Å². The maximum atomic E-state index is 11.4. The summed E-state index contributed by atoms with van der Waals surface area (Å²) in [6.45, 7) is 5.96. The molecule has 0 bridgehead atoms. The fourth-order valence-corrected chi connectivity index (χ4v) is 1.77. The number of carbonyl (C=O) groups is 1. The van der Waals surface area contributed by atoms with E-state index in [2.05, 4.69) is 27.1 Å². The Morgan fingerprint density at radius 2 is 2.24 bits per heavy atom. The lowest BCUT2D eigenvalue weighted by molar-refractivity contribution is 0.0529. The van der Waals surface area contributed by atoms with Gasteiger partial charge >= 0.3 is 6.09 Å². The number of alkyl carbamates (subject to hydrolysis) is 1. The topological polar surface area (TPSA) is 67.0 Å². The zero-order valence-corrected chi connectivity index (χ0v) is 12.5. The summed E-state index contributed by atoms with van der Waals surface area (Å²) >= 11 is 0. The summed E-state index contributed by atoms with van der Waals surface area (Å²) in [5.41, 5.74) is 1.28. The number of hydrogen-bond acceptors (Lipinski definition) is 3. The molecule has 0 aliphatic rings. The minimum absolute atomic E-state index is 0.416. The van der Waals surface area contributed by atoms with Crippen molar-refractivity contribution in [3.63, 3.8) is 0 Å². The molecule has 110 valence electrons. The van der Waals surface area contributed by atoms with Crippen LogP contribution >= 0.6 is 0 Å². The van der Waals surface area contributed by atoms with Gasteiger partial charge in [-0.1, -0.05) is 11.8 Å². The Morgan fingerprint density at radius 1 is 1.43 bits per heavy atom. The number of amides is 1. The number of nitrogens with one attached hydrogen (secondary N) is 2. The van der Waals surface area contributed by atoms with Gasteiger partial charge in [-0.2, -0.15) is 0 Å². The number of rotatable bonds is 2. The third kappa shape index (κ3) is 4.53. The van der Waals surface area contributed by atoms with Crippen molar-refractivity contribution in [1.29, 1.82) is 0 Å². The fraction of sp³-hybridized carbons (Fsp3) is 0.375. The fourth-order valence-electron chi connectivity index (χ4n) is 1.77. The van der Waals surface area contributed by atoms with Crippen molar-refractivity contribution in [2.45, 2.75) is 32.8 Å². The molecule has 0 unspecified atom stereocenters. The number of carbonyl (C=O) groups excluding carboxylic acids is 1. The first-order valence-electron chi connectivity index (χ1n) is 6.83. The summed E-state index contributed by atoms with van der Waals surface area (Å²) in [4.78, 5) is 18.7. The quantitative estimate of drug-likeness (QED) is 0.658. The minimum Gasteiger partial charge on any atom is -0.444 e. The van der Waals surface area contributed by atoms with Gasteiger partial charge in [0.25, 0.3) is 0 Å². The van der Waals surface area contributed by atoms with Crippen molar-refractivity contribution in [1.82, 2.24) is 15.3 Å². The number of hydrogen-bond donors (Lipinski definition) is 2. The summed E-state index contributed by atoms with van der Waals surface area (Å²) in [5.74, 6) is 6.13. The molecule has 1 amide bonds. The SMILES string of the molecule is CC(C)(C)OC(=O)NCCC#Cc1ccnc2[nH]ccc12. The van der Waals surface area contributed by atoms with Gasteiger partial charge in [-0.25, -0.2) is 9.78 Å². The first-order valence-corrected chi connectivity index (χ1v) is 6.83. The van der Waals surface area contributed by atoms with Gasteiger partial charge < -0.3 is 15.0 Å². The van der Waals surface area contributed by atoms with Crippen LogP contribution < -0.4 is 5.32 Å². The molecular formula is C16H19N3O2. The van der Waals surface area contributed by atoms with Gasteiger partial charge in [-0.3, -0.25) is 0 Å². The van der Waals surface area contributed by atoms with E-state index in [-0.39, 0.29) is 0 Å². The lowest BCUT2D eigenvalue weighted by atomic mass is 10.2. The van der Waals surface area contributed by atoms with Crippen LogP contribution in [0.4, 0.5) is 4.79 Å². The lowest BCUT2D eigenvalue weighted by Gasteiger charge is -2.19. The second-order valence-corrected chi connectivity index (χ2v) is 5.58. The van der Waals surface area contributed by atoms with Gasteiger partial charge in [0.1, 0.15) is 11.2 Å². The average Bonchev–Trinajstić information content (AvgIpc) is 2.85. The second kappa shape index (κ2) is 6.31. The Hall–Kier alpha value is -2.48. The number of aromatic amines is 1. The first kappa shape index (κ1) is 14.9. The summed E-state index contributed by atoms with van der Waals surface area (Å²) in [6, 6.07) is 3.83. The molecule has 0 saturated heterocycles. The molecule has 21 heavy (non-hydrogen) atoms. The number of pyridine rings is 1. The molecule has 0 aliphatic heterocycles. The molecule has 2 heterocycles. The van der Waals surface area contributed by atoms with E-state index in [1.165, 1.54) is 0 Å². The Bertz CT molecular complexity index is 687. The monoisotopic (exact) mass is 285 g/mol. The average molecular weight is 285 g/mol. The molecule has 0 radical (unpaired) electrons. The van der Waals surface area contributed by atoms with Crippen molar-refractivity contribution >= 4 is 17.1 Å². The Kier molecular flexibility index (Phi) is 4.49. The van der Waals surface area contributed by atoms with E-state index in [9.17, 15) is 4.79 Å². The predicted molar refractivity (Wildman–Crippen MR) is 81.8 cm³/mol. The van der Waals surface area contributed by atoms with Crippen molar-refractivity contribution in [3.05, 3.63) is 30.1 Å². The van der Waals surface area contributed by atoms with Crippen LogP contribution in [0.5, 0.6) is 0 Å². The van der Waals surface area contributed by atoms with Gasteiger partial charge in [-0.15, -0.1) is 0 Å². The van der Waals surface area contributed by atoms with Crippen molar-refractivity contribution in [3.8, 4) is 11.8 Å². The summed E-state index contributed by atoms with van der Waals surface area (Å²) < 4.78 is 5.14. The van der Waals surface area contributed by atoms with Crippen LogP contribution in [0.2, 0.25) is 0 Å². The lowest BCUT2D eigenvalue weighted by Crippen LogP contribution is -2.32. The van der Waals surface area contributed by atoms with E-state index in [0.717, 1.165) is 16.6 Å². The highest BCUT2D eigenvalue weighted by Crippen LogP contribution is 2.13. The maximum Gasteiger partial charge on any atom is 0.407 e. The van der Waals surface area contributed by atoms with Gasteiger partial charge in [0.05, 0.1) is 0 Å². The van der Waals surface area contributed by atoms with Crippen LogP contribution in [0.15, 0.2) is 24.5 Å². The molecule has 0 aromatic carbocycles. The normalized spacial score (nSPS) is 10.8. The van der Waals surface area contributed by atoms with E-state index in [4.69, 9.17) is 4.74 Å². The smallest absolute Gasteiger partial charge is 0.407 e. The summed E-state index contributed by atoms with van der Waals surface area (Å²) in [5, 5.41) is 3.68. The number of aromatic nitrogens is 2. The molecule has 2 aromatic heterocycles. The van der Waals surface area contributed by atoms with Gasteiger partial charge in [-0.05, 0) is 32.9 Å². The molecule has 0 saturated carbocycles. The maximum absolute atomic E-state index is 11.4. The first-order chi connectivity index (χ1) is 9.96. The Balaban J connectivity index is 1.85. The minimum atomic E-state index is -0.479. The van der Waals surface area contributed by atoms with Crippen LogP contribution in [0.1, 0.15) is 32.8 Å². The molecule has 5 nitrogen and oxygen atoms in total. The molecule has 0 spiro atoms. The number of nitrogens with zero attached hydrogens (tertiary/aromatic N) is 1. The van der Waals surface area contributed by atoms with Gasteiger partial charge in [0, 0.05) is 36.3 Å². The molecule has 0 fully saturated rings. The van der Waals surface area contributed by atoms with Crippen molar-refractivity contribution < 1.29 is 9.53 Å². The van der Waals surface area contributed by atoms with E-state index in [1.807, 2.05) is 39.1 Å². The van der Waals surface area contributed by atoms with Crippen LogP contribution in [-0.2, 0) is 4.74 Å². The highest BCUT2D eigenvalue weighted by molar-refractivity contribution is 5.82. The van der Waals surface area contributed by atoms with Crippen LogP contribution in [-0.4, -0.2) is 28.2 Å². The Morgan fingerprint density at radius 3 is 3.00 bits per heavy atom. The standard InChI is InChI=1S/C16H19N3O2/c1-16(2,3)21-15(20)19-9-5-4-6-12-7-10-17-14-13(12)8-11-18-14/h7-8,10-11H,5,9H2,1-3H3,(H,17,18)(H,19,20). The highest BCUT2D eigenvalue weighted by Gasteiger charge is 2.15. The zero-order valence-electron chi connectivity index (χ0n) is 12.5. The molecule has 2 rings (SSSR count). The van der Waals surface area contributed by atoms with Crippen LogP contribution in [0.3, 0.4) is 0 Å². The van der Waals surface area contributed by atoms with Gasteiger partial charge in [0.2, 0.25) is 0 Å². The van der Waals surface area contributed by atoms with Crippen molar-refractivity contribution in [2.75, 3.05) is 6.54 Å². The number of fused-ring (bicyclic) bond motifs is 1. The predicted octanol–water partition coefficient (Wildman–Crippen LogP) is 2.83. The molecule has 5 heteroatoms. The third-order valence-electron chi connectivity index (χ3n) is 2.60. The van der Waals surface area contributed by atoms with E-state index in [1.54, 1.807) is 6.20 Å². The second-order valence-electron chi connectivity index (χ2n) is 5.58. The van der Waals surface area contributed by atoms with E-state index < -0.39 is 11.7 Å². The van der Waals surface area contributed by atoms with Gasteiger partial charge in [0.15, 0.2) is 0 Å². The van der Waals surface area contributed by atoms with Crippen LogP contribution in [0.25, 0.3) is 11.0 Å². The van der Waals surface area contributed by atoms with Crippen LogP contribution in [0, 0.1) is 11.8 Å². The summed E-state index contributed by atoms with van der Waals surface area (Å²) in [6.07, 6.45) is 3.71. The number of H-pyrrole nitrogens is 1. The largest absolute Gasteiger partial charge is 0.444 e. The highest BCUT2D eigenvalue weighted by atomic mass is 16.6. The number of ether oxygens (including phenoxy) is 1. The van der Waals surface area contributed by atoms with E-state index in [0.29, 0.717) is 13.0 Å². The third-order valence-corrected chi connectivity index (χ3v) is 2.60. The molecule has 2 aromatic rings. The molecule has 0 aliphatic carbocycles. The molecule has 2 N–H and O–H groups in total. The molecule has 0 atom stereocenters. The van der Waals surface area contributed by atoms with E-state index >= 15 is 0 Å². The molecular weight excluding hydrogens is 266 g/mol. The Labute approximate surface area is 124 Å². The summed E-state index contributed by atoms with van der Waals surface area (Å²) in [7, 11) is 0.